The Hall–Kier alpha value is -0.660. The van der Waals surface area contributed by atoms with Crippen LogP contribution in [0.2, 0.25) is 0 Å². The summed E-state index contributed by atoms with van der Waals surface area (Å²) in [6.07, 6.45) is 6.77. The van der Waals surface area contributed by atoms with Gasteiger partial charge in [0.1, 0.15) is 11.6 Å². The van der Waals surface area contributed by atoms with Crippen molar-refractivity contribution >= 4 is 11.6 Å². The van der Waals surface area contributed by atoms with Gasteiger partial charge in [0.15, 0.2) is 0 Å². The number of hydrogen-bond donors (Lipinski definition) is 0. The molecule has 0 spiro atoms. The Morgan fingerprint density at radius 2 is 1.67 bits per heavy atom. The second kappa shape index (κ2) is 3.43. The quantitative estimate of drug-likeness (QED) is 0.609. The van der Waals surface area contributed by atoms with Gasteiger partial charge >= 0.3 is 0 Å². The van der Waals surface area contributed by atoms with Gasteiger partial charge in [-0.1, -0.05) is 0 Å². The van der Waals surface area contributed by atoms with E-state index in [-0.39, 0.29) is 0 Å². The first-order chi connectivity index (χ1) is 7.25. The maximum Gasteiger partial charge on any atom is 0.136 e. The fourth-order valence-electron chi connectivity index (χ4n) is 4.20. The first-order valence-corrected chi connectivity index (χ1v) is 6.30. The van der Waals surface area contributed by atoms with E-state index in [9.17, 15) is 9.59 Å². The van der Waals surface area contributed by atoms with Crippen LogP contribution < -0.4 is 0 Å². The summed E-state index contributed by atoms with van der Waals surface area (Å²) in [5.74, 6) is 3.31. The smallest absolute Gasteiger partial charge is 0.136 e. The molecule has 0 heterocycles. The molecule has 3 saturated carbocycles. The Bertz CT molecular complexity index is 308. The topological polar surface area (TPSA) is 34.1 Å². The molecule has 0 radical (unpaired) electrons. The molecule has 2 heteroatoms. The van der Waals surface area contributed by atoms with E-state index in [4.69, 9.17) is 0 Å². The lowest BCUT2D eigenvalue weighted by Crippen LogP contribution is -2.37. The fraction of sp³-hybridized carbons (Fsp3) is 0.846. The van der Waals surface area contributed by atoms with Crippen molar-refractivity contribution in [3.8, 4) is 0 Å². The molecule has 0 amide bonds. The summed E-state index contributed by atoms with van der Waals surface area (Å²) in [4.78, 5) is 23.1. The predicted molar refractivity (Wildman–Crippen MR) is 56.3 cm³/mol. The molecule has 3 fully saturated rings. The van der Waals surface area contributed by atoms with Gasteiger partial charge in [-0.3, -0.25) is 9.59 Å². The van der Waals surface area contributed by atoms with Gasteiger partial charge in [-0.25, -0.2) is 0 Å². The van der Waals surface area contributed by atoms with Crippen LogP contribution in [0.1, 0.15) is 44.9 Å². The van der Waals surface area contributed by atoms with Crippen LogP contribution in [-0.2, 0) is 9.59 Å². The Morgan fingerprint density at radius 3 is 2.53 bits per heavy atom. The Balaban J connectivity index is 1.80. The Morgan fingerprint density at radius 1 is 0.867 bits per heavy atom. The van der Waals surface area contributed by atoms with Crippen LogP contribution in [0.3, 0.4) is 0 Å². The molecule has 0 bridgehead atoms. The minimum Gasteiger partial charge on any atom is -0.300 e. The van der Waals surface area contributed by atoms with E-state index in [1.54, 1.807) is 0 Å². The molecule has 3 aliphatic carbocycles. The number of carbonyl (C=O) groups excluding carboxylic acids is 2. The van der Waals surface area contributed by atoms with Gasteiger partial charge in [-0.05, 0) is 43.4 Å². The SMILES string of the molecule is O=C1CCC2C(CCC3C(=O)CCC32)C1. The van der Waals surface area contributed by atoms with Crippen molar-refractivity contribution in [3.05, 3.63) is 0 Å². The highest BCUT2D eigenvalue weighted by Gasteiger charge is 2.47. The standard InChI is InChI=1S/C13H18O2/c14-9-2-4-10-8(7-9)1-3-12-11(10)5-6-13(12)15/h8,10-12H,1-7H2. The van der Waals surface area contributed by atoms with Crippen LogP contribution in [0.4, 0.5) is 0 Å². The summed E-state index contributed by atoms with van der Waals surface area (Å²) in [5.41, 5.74) is 0. The molecule has 15 heavy (non-hydrogen) atoms. The van der Waals surface area contributed by atoms with Gasteiger partial charge in [0.25, 0.3) is 0 Å². The molecule has 0 aliphatic heterocycles. The molecule has 2 nitrogen and oxygen atoms in total. The zero-order valence-corrected chi connectivity index (χ0v) is 9.08. The van der Waals surface area contributed by atoms with Crippen molar-refractivity contribution in [2.24, 2.45) is 23.7 Å². The second-order valence-electron chi connectivity index (χ2n) is 5.56. The van der Waals surface area contributed by atoms with Gasteiger partial charge in [0.2, 0.25) is 0 Å². The lowest BCUT2D eigenvalue weighted by atomic mass is 9.62. The predicted octanol–water partition coefficient (Wildman–Crippen LogP) is 2.36. The van der Waals surface area contributed by atoms with Crippen LogP contribution in [0.5, 0.6) is 0 Å². The van der Waals surface area contributed by atoms with E-state index in [0.29, 0.717) is 35.2 Å². The van der Waals surface area contributed by atoms with E-state index in [2.05, 4.69) is 0 Å². The van der Waals surface area contributed by atoms with Crippen LogP contribution in [0.15, 0.2) is 0 Å². The molecule has 0 aromatic rings. The van der Waals surface area contributed by atoms with Crippen molar-refractivity contribution in [1.29, 1.82) is 0 Å². The average molecular weight is 206 g/mol. The highest BCUT2D eigenvalue weighted by molar-refractivity contribution is 5.84. The van der Waals surface area contributed by atoms with Crippen LogP contribution in [0.25, 0.3) is 0 Å². The molecule has 4 atom stereocenters. The monoisotopic (exact) mass is 206 g/mol. The van der Waals surface area contributed by atoms with Crippen molar-refractivity contribution in [2.75, 3.05) is 0 Å². The number of hydrogen-bond acceptors (Lipinski definition) is 2. The normalized spacial score (nSPS) is 45.1. The second-order valence-corrected chi connectivity index (χ2v) is 5.56. The van der Waals surface area contributed by atoms with Gasteiger partial charge in [0, 0.05) is 25.2 Å². The van der Waals surface area contributed by atoms with Crippen LogP contribution in [-0.4, -0.2) is 11.6 Å². The van der Waals surface area contributed by atoms with Crippen LogP contribution >= 0.6 is 0 Å². The molecule has 4 unspecified atom stereocenters. The van der Waals surface area contributed by atoms with Crippen molar-refractivity contribution in [3.63, 3.8) is 0 Å². The molecular formula is C13H18O2. The molecule has 3 aliphatic rings. The summed E-state index contributed by atoms with van der Waals surface area (Å²) in [5, 5.41) is 0. The highest BCUT2D eigenvalue weighted by atomic mass is 16.1. The number of carbonyl (C=O) groups is 2. The molecule has 82 valence electrons. The lowest BCUT2D eigenvalue weighted by Gasteiger charge is -2.42. The number of rotatable bonds is 0. The molecular weight excluding hydrogens is 188 g/mol. The Labute approximate surface area is 90.4 Å². The van der Waals surface area contributed by atoms with E-state index in [1.807, 2.05) is 0 Å². The van der Waals surface area contributed by atoms with E-state index in [1.165, 1.54) is 0 Å². The minimum absolute atomic E-state index is 0.374. The fourth-order valence-corrected chi connectivity index (χ4v) is 4.20. The molecule has 0 saturated heterocycles. The highest BCUT2D eigenvalue weighted by Crippen LogP contribution is 2.50. The van der Waals surface area contributed by atoms with Gasteiger partial charge in [-0.15, -0.1) is 0 Å². The van der Waals surface area contributed by atoms with Crippen LogP contribution in [0, 0.1) is 23.7 Å². The summed E-state index contributed by atoms with van der Waals surface area (Å²) in [6.45, 7) is 0. The third-order valence-corrected chi connectivity index (χ3v) is 4.90. The summed E-state index contributed by atoms with van der Waals surface area (Å²) >= 11 is 0. The summed E-state index contributed by atoms with van der Waals surface area (Å²) < 4.78 is 0. The maximum absolute atomic E-state index is 11.7. The number of fused-ring (bicyclic) bond motifs is 3. The average Bonchev–Trinajstić information content (AvgIpc) is 2.60. The van der Waals surface area contributed by atoms with Gasteiger partial charge in [-0.2, -0.15) is 0 Å². The van der Waals surface area contributed by atoms with Crippen molar-refractivity contribution in [2.45, 2.75) is 44.9 Å². The number of Topliss-reactive ketones (excluding diaryl/α,β-unsaturated/α-hetero) is 2. The van der Waals surface area contributed by atoms with Crippen molar-refractivity contribution in [1.82, 2.24) is 0 Å². The summed E-state index contributed by atoms with van der Waals surface area (Å²) in [6, 6.07) is 0. The third-order valence-electron chi connectivity index (χ3n) is 4.90. The molecule has 0 N–H and O–H groups in total. The van der Waals surface area contributed by atoms with E-state index < -0.39 is 0 Å². The minimum atomic E-state index is 0.374. The zero-order chi connectivity index (χ0) is 10.4. The molecule has 3 rings (SSSR count). The largest absolute Gasteiger partial charge is 0.300 e. The summed E-state index contributed by atoms with van der Waals surface area (Å²) in [7, 11) is 0. The van der Waals surface area contributed by atoms with E-state index >= 15 is 0 Å². The maximum atomic E-state index is 11.7. The zero-order valence-electron chi connectivity index (χ0n) is 9.08. The molecule has 0 aromatic heterocycles. The molecule has 0 aromatic carbocycles. The Kier molecular flexibility index (Phi) is 2.18. The van der Waals surface area contributed by atoms with Crippen molar-refractivity contribution < 1.29 is 9.59 Å². The van der Waals surface area contributed by atoms with Gasteiger partial charge in [0.05, 0.1) is 0 Å². The third kappa shape index (κ3) is 1.45. The first-order valence-electron chi connectivity index (χ1n) is 6.30. The van der Waals surface area contributed by atoms with Gasteiger partial charge < -0.3 is 0 Å². The first kappa shape index (κ1) is 9.56. The van der Waals surface area contributed by atoms with E-state index in [0.717, 1.165) is 44.9 Å². The number of ketones is 2. The lowest BCUT2D eigenvalue weighted by molar-refractivity contribution is -0.126.